The first kappa shape index (κ1) is 16.8. The number of hydrogen-bond acceptors (Lipinski definition) is 3. The Morgan fingerprint density at radius 1 is 1.19 bits per heavy atom. The number of piperidine rings is 1. The van der Waals surface area contributed by atoms with Gasteiger partial charge in [-0.1, -0.05) is 13.8 Å². The molecule has 4 nitrogen and oxygen atoms in total. The van der Waals surface area contributed by atoms with Gasteiger partial charge in [0.2, 0.25) is 5.91 Å². The number of nitrogens with zero attached hydrogens (tertiary/aromatic N) is 1. The van der Waals surface area contributed by atoms with Crippen molar-refractivity contribution in [2.45, 2.75) is 64.9 Å². The van der Waals surface area contributed by atoms with Gasteiger partial charge in [-0.2, -0.15) is 0 Å². The fraction of sp³-hybridized carbons (Fsp3) is 0.941. The van der Waals surface area contributed by atoms with E-state index in [4.69, 9.17) is 0 Å². The number of aliphatic hydroxyl groups is 1. The standard InChI is InChI=1S/C17H32N2O2/c1-17(2)8-4-14(5-9-17)16(21)18-10-3-11-19-12-6-15(20)7-13-19/h14-15,20H,3-13H2,1-2H3,(H,18,21). The fourth-order valence-corrected chi connectivity index (χ4v) is 3.46. The van der Waals surface area contributed by atoms with Gasteiger partial charge < -0.3 is 15.3 Å². The van der Waals surface area contributed by atoms with Crippen LogP contribution < -0.4 is 5.32 Å². The predicted octanol–water partition coefficient (Wildman–Crippen LogP) is 2.17. The minimum Gasteiger partial charge on any atom is -0.393 e. The zero-order valence-corrected chi connectivity index (χ0v) is 13.7. The first-order chi connectivity index (χ1) is 9.96. The lowest BCUT2D eigenvalue weighted by Gasteiger charge is -2.33. The molecule has 0 bridgehead atoms. The molecule has 0 aromatic rings. The maximum absolute atomic E-state index is 12.1. The van der Waals surface area contributed by atoms with Crippen LogP contribution in [0.2, 0.25) is 0 Å². The van der Waals surface area contributed by atoms with Gasteiger partial charge in [-0.3, -0.25) is 4.79 Å². The van der Waals surface area contributed by atoms with E-state index in [1.54, 1.807) is 0 Å². The molecule has 2 aliphatic rings. The van der Waals surface area contributed by atoms with Crippen LogP contribution in [0.5, 0.6) is 0 Å². The van der Waals surface area contributed by atoms with Crippen LogP contribution in [-0.2, 0) is 4.79 Å². The van der Waals surface area contributed by atoms with Crippen LogP contribution in [0.1, 0.15) is 58.8 Å². The lowest BCUT2D eigenvalue weighted by molar-refractivity contribution is -0.126. The highest BCUT2D eigenvalue weighted by Crippen LogP contribution is 2.37. The molecular weight excluding hydrogens is 264 g/mol. The summed E-state index contributed by atoms with van der Waals surface area (Å²) in [5, 5.41) is 12.6. The first-order valence-electron chi connectivity index (χ1n) is 8.64. The SMILES string of the molecule is CC1(C)CCC(C(=O)NCCCN2CCC(O)CC2)CC1. The van der Waals surface area contributed by atoms with Crippen LogP contribution in [0.3, 0.4) is 0 Å². The molecule has 1 saturated heterocycles. The van der Waals surface area contributed by atoms with Crippen LogP contribution in [0.15, 0.2) is 0 Å². The van der Waals surface area contributed by atoms with Crippen molar-refractivity contribution in [2.75, 3.05) is 26.2 Å². The van der Waals surface area contributed by atoms with Gasteiger partial charge in [0.15, 0.2) is 0 Å². The van der Waals surface area contributed by atoms with Gasteiger partial charge in [0.05, 0.1) is 6.10 Å². The second kappa shape index (κ2) is 7.59. The monoisotopic (exact) mass is 296 g/mol. The van der Waals surface area contributed by atoms with E-state index in [0.717, 1.165) is 58.3 Å². The molecule has 4 heteroatoms. The molecule has 1 aliphatic carbocycles. The Kier molecular flexibility index (Phi) is 6.06. The largest absolute Gasteiger partial charge is 0.393 e. The maximum atomic E-state index is 12.1. The highest BCUT2D eigenvalue weighted by molar-refractivity contribution is 5.78. The Morgan fingerprint density at radius 3 is 2.43 bits per heavy atom. The van der Waals surface area contributed by atoms with Crippen molar-refractivity contribution in [2.24, 2.45) is 11.3 Å². The zero-order valence-electron chi connectivity index (χ0n) is 13.7. The number of carbonyl (C=O) groups excluding carboxylic acids is 1. The van der Waals surface area contributed by atoms with E-state index in [9.17, 15) is 9.90 Å². The van der Waals surface area contributed by atoms with E-state index in [0.29, 0.717) is 5.41 Å². The average Bonchev–Trinajstić information content (AvgIpc) is 2.45. The zero-order chi connectivity index (χ0) is 15.3. The molecule has 1 heterocycles. The third-order valence-corrected chi connectivity index (χ3v) is 5.22. The summed E-state index contributed by atoms with van der Waals surface area (Å²) in [5.41, 5.74) is 0.426. The smallest absolute Gasteiger partial charge is 0.223 e. The first-order valence-corrected chi connectivity index (χ1v) is 8.64. The molecule has 1 saturated carbocycles. The molecule has 1 amide bonds. The number of amides is 1. The molecule has 0 unspecified atom stereocenters. The second-order valence-corrected chi connectivity index (χ2v) is 7.66. The number of hydrogen-bond donors (Lipinski definition) is 2. The average molecular weight is 296 g/mol. The summed E-state index contributed by atoms with van der Waals surface area (Å²) < 4.78 is 0. The van der Waals surface area contributed by atoms with Gasteiger partial charge in [0, 0.05) is 25.6 Å². The van der Waals surface area contributed by atoms with Gasteiger partial charge in [0.1, 0.15) is 0 Å². The van der Waals surface area contributed by atoms with E-state index in [2.05, 4.69) is 24.1 Å². The van der Waals surface area contributed by atoms with Crippen molar-refractivity contribution >= 4 is 5.91 Å². The van der Waals surface area contributed by atoms with Crippen LogP contribution in [0.4, 0.5) is 0 Å². The minimum atomic E-state index is -0.100. The molecule has 21 heavy (non-hydrogen) atoms. The van der Waals surface area contributed by atoms with Crippen molar-refractivity contribution in [1.82, 2.24) is 10.2 Å². The van der Waals surface area contributed by atoms with Crippen molar-refractivity contribution in [3.05, 3.63) is 0 Å². The topological polar surface area (TPSA) is 52.6 Å². The molecule has 122 valence electrons. The molecule has 1 aliphatic heterocycles. The molecule has 0 spiro atoms. The summed E-state index contributed by atoms with van der Waals surface area (Å²) in [6, 6.07) is 0. The Bertz CT molecular complexity index is 326. The number of aliphatic hydroxyl groups excluding tert-OH is 1. The normalized spacial score (nSPS) is 24.9. The van der Waals surface area contributed by atoms with Crippen molar-refractivity contribution < 1.29 is 9.90 Å². The van der Waals surface area contributed by atoms with Crippen molar-refractivity contribution in [3.63, 3.8) is 0 Å². The Hall–Kier alpha value is -0.610. The molecule has 2 fully saturated rings. The number of likely N-dealkylation sites (tertiary alicyclic amines) is 1. The Balaban J connectivity index is 1.55. The fourth-order valence-electron chi connectivity index (χ4n) is 3.46. The molecule has 0 radical (unpaired) electrons. The van der Waals surface area contributed by atoms with Gasteiger partial charge >= 0.3 is 0 Å². The third-order valence-electron chi connectivity index (χ3n) is 5.22. The highest BCUT2D eigenvalue weighted by Gasteiger charge is 2.30. The summed E-state index contributed by atoms with van der Waals surface area (Å²) in [6.45, 7) is 8.41. The molecule has 2 rings (SSSR count). The van der Waals surface area contributed by atoms with E-state index in [-0.39, 0.29) is 17.9 Å². The Labute approximate surface area is 129 Å². The lowest BCUT2D eigenvalue weighted by atomic mass is 9.73. The summed E-state index contributed by atoms with van der Waals surface area (Å²) in [5.74, 6) is 0.503. The van der Waals surface area contributed by atoms with Crippen LogP contribution in [0.25, 0.3) is 0 Å². The van der Waals surface area contributed by atoms with E-state index in [1.165, 1.54) is 12.8 Å². The molecular formula is C17H32N2O2. The predicted molar refractivity (Wildman–Crippen MR) is 85.0 cm³/mol. The highest BCUT2D eigenvalue weighted by atomic mass is 16.3. The van der Waals surface area contributed by atoms with Gasteiger partial charge in [0.25, 0.3) is 0 Å². The third kappa shape index (κ3) is 5.59. The van der Waals surface area contributed by atoms with Gasteiger partial charge in [-0.25, -0.2) is 0 Å². The molecule has 2 N–H and O–H groups in total. The van der Waals surface area contributed by atoms with Crippen LogP contribution in [-0.4, -0.2) is 48.2 Å². The summed E-state index contributed by atoms with van der Waals surface area (Å²) in [7, 11) is 0. The number of carbonyl (C=O) groups is 1. The van der Waals surface area contributed by atoms with Crippen molar-refractivity contribution in [3.8, 4) is 0 Å². The van der Waals surface area contributed by atoms with Crippen LogP contribution in [0, 0.1) is 11.3 Å². The van der Waals surface area contributed by atoms with Crippen LogP contribution >= 0.6 is 0 Å². The van der Waals surface area contributed by atoms with E-state index < -0.39 is 0 Å². The maximum Gasteiger partial charge on any atom is 0.223 e. The number of nitrogens with one attached hydrogen (secondary N) is 1. The molecule has 0 atom stereocenters. The quantitative estimate of drug-likeness (QED) is 0.765. The van der Waals surface area contributed by atoms with Crippen molar-refractivity contribution in [1.29, 1.82) is 0 Å². The Morgan fingerprint density at radius 2 is 1.81 bits per heavy atom. The van der Waals surface area contributed by atoms with Gasteiger partial charge in [-0.15, -0.1) is 0 Å². The minimum absolute atomic E-state index is 0.100. The summed E-state index contributed by atoms with van der Waals surface area (Å²) in [4.78, 5) is 14.5. The second-order valence-electron chi connectivity index (χ2n) is 7.66. The molecule has 0 aromatic carbocycles. The van der Waals surface area contributed by atoms with E-state index >= 15 is 0 Å². The summed E-state index contributed by atoms with van der Waals surface area (Å²) in [6.07, 6.45) is 7.12. The molecule has 0 aromatic heterocycles. The lowest BCUT2D eigenvalue weighted by Crippen LogP contribution is -2.39. The number of rotatable bonds is 5. The summed E-state index contributed by atoms with van der Waals surface area (Å²) >= 11 is 0. The van der Waals surface area contributed by atoms with Gasteiger partial charge in [-0.05, 0) is 56.9 Å². The van der Waals surface area contributed by atoms with E-state index in [1.807, 2.05) is 0 Å².